The van der Waals surface area contributed by atoms with E-state index in [2.05, 4.69) is 5.32 Å². The number of sulfonamides is 1. The second-order valence-electron chi connectivity index (χ2n) is 8.69. The van der Waals surface area contributed by atoms with Crippen molar-refractivity contribution in [2.24, 2.45) is 0 Å². The van der Waals surface area contributed by atoms with E-state index in [-0.39, 0.29) is 24.2 Å². The van der Waals surface area contributed by atoms with Crippen molar-refractivity contribution < 1.29 is 22.7 Å². The molecule has 0 saturated heterocycles. The SMILES string of the molecule is CC[C@H](C)NC(=O)[C@H](CC)N(Cc1cccc(C)c1)C(=O)CN(c1ccccc1OC)S(C)(=O)=O. The highest BCUT2D eigenvalue weighted by atomic mass is 32.2. The molecule has 0 spiro atoms. The Labute approximate surface area is 209 Å². The molecule has 0 aliphatic heterocycles. The molecular weight excluding hydrogens is 466 g/mol. The fourth-order valence-electron chi connectivity index (χ4n) is 3.80. The lowest BCUT2D eigenvalue weighted by Gasteiger charge is -2.33. The topological polar surface area (TPSA) is 96.0 Å². The third-order valence-electron chi connectivity index (χ3n) is 5.86. The number of aryl methyl sites for hydroxylation is 1. The summed E-state index contributed by atoms with van der Waals surface area (Å²) in [5, 5.41) is 2.96. The zero-order valence-electron chi connectivity index (χ0n) is 21.4. The van der Waals surface area contributed by atoms with Crippen molar-refractivity contribution in [2.45, 2.75) is 59.2 Å². The largest absolute Gasteiger partial charge is 0.495 e. The molecule has 0 aliphatic carbocycles. The number of hydrogen-bond donors (Lipinski definition) is 1. The maximum absolute atomic E-state index is 13.7. The highest BCUT2D eigenvalue weighted by molar-refractivity contribution is 7.92. The Kier molecular flexibility index (Phi) is 10.1. The van der Waals surface area contributed by atoms with Gasteiger partial charge < -0.3 is 15.0 Å². The van der Waals surface area contributed by atoms with E-state index in [0.717, 1.165) is 28.1 Å². The Balaban J connectivity index is 2.48. The first kappa shape index (κ1) is 28.2. The number of carbonyl (C=O) groups is 2. The molecule has 2 aromatic carbocycles. The van der Waals surface area contributed by atoms with Crippen LogP contribution in [-0.2, 0) is 26.2 Å². The lowest BCUT2D eigenvalue weighted by molar-refractivity contribution is -0.140. The van der Waals surface area contributed by atoms with Crippen molar-refractivity contribution in [1.29, 1.82) is 0 Å². The predicted octanol–water partition coefficient (Wildman–Crippen LogP) is 3.49. The molecule has 8 nitrogen and oxygen atoms in total. The average Bonchev–Trinajstić information content (AvgIpc) is 2.81. The molecule has 0 radical (unpaired) electrons. The van der Waals surface area contributed by atoms with E-state index in [1.807, 2.05) is 52.0 Å². The van der Waals surface area contributed by atoms with Crippen LogP contribution in [0.2, 0.25) is 0 Å². The number of nitrogens with zero attached hydrogens (tertiary/aromatic N) is 2. The second-order valence-corrected chi connectivity index (χ2v) is 10.6. The van der Waals surface area contributed by atoms with Gasteiger partial charge in [-0.2, -0.15) is 0 Å². The number of carbonyl (C=O) groups excluding carboxylic acids is 2. The van der Waals surface area contributed by atoms with E-state index in [1.54, 1.807) is 24.3 Å². The number of nitrogens with one attached hydrogen (secondary N) is 1. The summed E-state index contributed by atoms with van der Waals surface area (Å²) >= 11 is 0. The first-order chi connectivity index (χ1) is 16.5. The quantitative estimate of drug-likeness (QED) is 0.478. The van der Waals surface area contributed by atoms with E-state index in [1.165, 1.54) is 12.0 Å². The molecule has 1 N–H and O–H groups in total. The lowest BCUT2D eigenvalue weighted by Crippen LogP contribution is -2.53. The van der Waals surface area contributed by atoms with Gasteiger partial charge in [0.25, 0.3) is 0 Å². The molecule has 2 aromatic rings. The van der Waals surface area contributed by atoms with Crippen LogP contribution in [0.4, 0.5) is 5.69 Å². The third-order valence-corrected chi connectivity index (χ3v) is 6.98. The molecule has 0 fully saturated rings. The Hall–Kier alpha value is -3.07. The van der Waals surface area contributed by atoms with Crippen LogP contribution in [0.1, 0.15) is 44.7 Å². The van der Waals surface area contributed by atoms with Crippen LogP contribution >= 0.6 is 0 Å². The summed E-state index contributed by atoms with van der Waals surface area (Å²) in [5.74, 6) is -0.405. The lowest BCUT2D eigenvalue weighted by atomic mass is 10.1. The van der Waals surface area contributed by atoms with E-state index < -0.39 is 28.5 Å². The molecule has 192 valence electrons. The summed E-state index contributed by atoms with van der Waals surface area (Å²) in [6.07, 6.45) is 2.18. The van der Waals surface area contributed by atoms with Crippen LogP contribution < -0.4 is 14.4 Å². The molecule has 0 bridgehead atoms. The van der Waals surface area contributed by atoms with E-state index in [9.17, 15) is 18.0 Å². The standard InChI is InChI=1S/C26H37N3O5S/c1-7-20(4)27-26(31)22(8-2)28(17-21-13-11-12-19(3)16-21)25(30)18-29(35(6,32)33)23-14-9-10-15-24(23)34-5/h9-16,20,22H,7-8,17-18H2,1-6H3,(H,27,31)/t20-,22-/m0/s1. The van der Waals surface area contributed by atoms with Crippen molar-refractivity contribution in [3.05, 3.63) is 59.7 Å². The minimum atomic E-state index is -3.83. The van der Waals surface area contributed by atoms with E-state index in [0.29, 0.717) is 12.2 Å². The Bertz CT molecular complexity index is 1120. The zero-order valence-corrected chi connectivity index (χ0v) is 22.3. The fraction of sp³-hybridized carbons (Fsp3) is 0.462. The minimum Gasteiger partial charge on any atom is -0.495 e. The van der Waals surface area contributed by atoms with Crippen LogP contribution in [0.25, 0.3) is 0 Å². The van der Waals surface area contributed by atoms with Gasteiger partial charge >= 0.3 is 0 Å². The summed E-state index contributed by atoms with van der Waals surface area (Å²) in [5.41, 5.74) is 2.15. The van der Waals surface area contributed by atoms with Crippen molar-refractivity contribution in [1.82, 2.24) is 10.2 Å². The summed E-state index contributed by atoms with van der Waals surface area (Å²) in [6.45, 7) is 7.39. The first-order valence-corrected chi connectivity index (χ1v) is 13.6. The normalized spacial score (nSPS) is 13.0. The second kappa shape index (κ2) is 12.6. The number of rotatable bonds is 12. The number of para-hydroxylation sites is 2. The molecule has 2 rings (SSSR count). The maximum atomic E-state index is 13.7. The molecule has 2 atom stereocenters. The van der Waals surface area contributed by atoms with Crippen LogP contribution in [0.5, 0.6) is 5.75 Å². The molecule has 0 aromatic heterocycles. The number of benzene rings is 2. The van der Waals surface area contributed by atoms with Crippen molar-refractivity contribution in [2.75, 3.05) is 24.2 Å². The average molecular weight is 504 g/mol. The number of ether oxygens (including phenoxy) is 1. The number of hydrogen-bond acceptors (Lipinski definition) is 5. The summed E-state index contributed by atoms with van der Waals surface area (Å²) < 4.78 is 31.8. The van der Waals surface area contributed by atoms with Gasteiger partial charge in [0.05, 0.1) is 19.1 Å². The molecule has 9 heteroatoms. The Morgan fingerprint density at radius 3 is 2.31 bits per heavy atom. The summed E-state index contributed by atoms with van der Waals surface area (Å²) in [4.78, 5) is 28.3. The van der Waals surface area contributed by atoms with Crippen LogP contribution in [0.15, 0.2) is 48.5 Å². The molecular formula is C26H37N3O5S. The third kappa shape index (κ3) is 7.71. The summed E-state index contributed by atoms with van der Waals surface area (Å²) in [6, 6.07) is 13.5. The van der Waals surface area contributed by atoms with Gasteiger partial charge in [-0.1, -0.05) is 55.8 Å². The van der Waals surface area contributed by atoms with Crippen molar-refractivity contribution in [3.63, 3.8) is 0 Å². The molecule has 0 saturated carbocycles. The van der Waals surface area contributed by atoms with Crippen LogP contribution in [-0.4, -0.2) is 57.1 Å². The van der Waals surface area contributed by atoms with Gasteiger partial charge in [-0.05, 0) is 44.4 Å². The molecule has 0 heterocycles. The monoisotopic (exact) mass is 503 g/mol. The first-order valence-electron chi connectivity index (χ1n) is 11.8. The number of methoxy groups -OCH3 is 1. The predicted molar refractivity (Wildman–Crippen MR) is 139 cm³/mol. The number of amides is 2. The van der Waals surface area contributed by atoms with Crippen molar-refractivity contribution in [3.8, 4) is 5.75 Å². The van der Waals surface area contributed by atoms with Crippen molar-refractivity contribution >= 4 is 27.5 Å². The van der Waals surface area contributed by atoms with E-state index >= 15 is 0 Å². The highest BCUT2D eigenvalue weighted by Crippen LogP contribution is 2.29. The van der Waals surface area contributed by atoms with Crippen LogP contribution in [0, 0.1) is 6.92 Å². The smallest absolute Gasteiger partial charge is 0.244 e. The maximum Gasteiger partial charge on any atom is 0.244 e. The molecule has 2 amide bonds. The van der Waals surface area contributed by atoms with Gasteiger partial charge in [0.1, 0.15) is 18.3 Å². The van der Waals surface area contributed by atoms with Crippen LogP contribution in [0.3, 0.4) is 0 Å². The Morgan fingerprint density at radius 1 is 1.06 bits per heavy atom. The van der Waals surface area contributed by atoms with Gasteiger partial charge in [0.2, 0.25) is 21.8 Å². The number of anilines is 1. The van der Waals surface area contributed by atoms with Gasteiger partial charge in [-0.3, -0.25) is 13.9 Å². The van der Waals surface area contributed by atoms with E-state index in [4.69, 9.17) is 4.74 Å². The molecule has 0 unspecified atom stereocenters. The highest BCUT2D eigenvalue weighted by Gasteiger charge is 2.32. The minimum absolute atomic E-state index is 0.0476. The zero-order chi connectivity index (χ0) is 26.2. The Morgan fingerprint density at radius 2 is 1.74 bits per heavy atom. The summed E-state index contributed by atoms with van der Waals surface area (Å²) in [7, 11) is -2.39. The van der Waals surface area contributed by atoms with Gasteiger partial charge in [-0.15, -0.1) is 0 Å². The fourth-order valence-corrected chi connectivity index (χ4v) is 4.65. The van der Waals surface area contributed by atoms with Gasteiger partial charge in [0, 0.05) is 12.6 Å². The molecule has 35 heavy (non-hydrogen) atoms. The molecule has 0 aliphatic rings. The van der Waals surface area contributed by atoms with Gasteiger partial charge in [0.15, 0.2) is 0 Å². The van der Waals surface area contributed by atoms with Gasteiger partial charge in [-0.25, -0.2) is 8.42 Å².